The molecule has 9 aliphatic rings. The van der Waals surface area contributed by atoms with E-state index in [0.717, 1.165) is 13.8 Å². The third-order valence-corrected chi connectivity index (χ3v) is 19.6. The summed E-state index contributed by atoms with van der Waals surface area (Å²) >= 11 is 0. The summed E-state index contributed by atoms with van der Waals surface area (Å²) in [5.41, 5.74) is 0. The normalized spacial score (nSPS) is 51.2. The predicted molar refractivity (Wildman–Crippen MR) is 320 cm³/mol. The molecule has 2 amide bonds. The number of nitrogens with one attached hydrogen (secondary N) is 2. The smallest absolute Gasteiger partial charge is 0.217 e. The average Bonchev–Trinajstić information content (AvgIpc) is 0.768. The number of aliphatic hydroxyl groups is 27. The van der Waals surface area contributed by atoms with Gasteiger partial charge in [-0.15, -0.1) is 0 Å². The summed E-state index contributed by atoms with van der Waals surface area (Å²) in [6, 6.07) is -3.55. The van der Waals surface area contributed by atoms with Crippen LogP contribution >= 0.6 is 0 Å². The molecule has 106 heavy (non-hydrogen) atoms. The van der Waals surface area contributed by atoms with Gasteiger partial charge in [-0.1, -0.05) is 0 Å². The zero-order chi connectivity index (χ0) is 77.9. The van der Waals surface area contributed by atoms with E-state index >= 15 is 0 Å². The Kier molecular flexibility index (Phi) is 31.1. The minimum atomic E-state index is -2.57. The zero-order valence-electron chi connectivity index (χ0n) is 56.2. The lowest BCUT2D eigenvalue weighted by molar-refractivity contribution is -0.411. The fraction of sp³-hybridized carbons (Fsp3) is 0.966. The summed E-state index contributed by atoms with van der Waals surface area (Å²) in [4.78, 5) is 25.0. The first-order chi connectivity index (χ1) is 50.2. The van der Waals surface area contributed by atoms with Crippen molar-refractivity contribution in [2.24, 2.45) is 0 Å². The number of rotatable bonds is 27. The van der Waals surface area contributed by atoms with Crippen molar-refractivity contribution in [2.75, 3.05) is 59.5 Å². The van der Waals surface area contributed by atoms with E-state index in [9.17, 15) is 147 Å². The number of hydrogen-bond acceptors (Lipinski definition) is 46. The van der Waals surface area contributed by atoms with Gasteiger partial charge in [-0.3, -0.25) is 9.59 Å². The molecule has 9 rings (SSSR count). The van der Waals surface area contributed by atoms with Crippen molar-refractivity contribution in [3.05, 3.63) is 0 Å². The second-order valence-electron chi connectivity index (χ2n) is 26.7. The van der Waals surface area contributed by atoms with Crippen LogP contribution in [0, 0.1) is 0 Å². The fourth-order valence-electron chi connectivity index (χ4n) is 13.6. The van der Waals surface area contributed by atoms with Gasteiger partial charge < -0.3 is 229 Å². The first-order valence-electron chi connectivity index (χ1n) is 33.7. The highest BCUT2D eigenvalue weighted by molar-refractivity contribution is 5.73. The summed E-state index contributed by atoms with van der Waals surface area (Å²) in [5, 5.41) is 302. The van der Waals surface area contributed by atoms with Crippen LogP contribution in [0.1, 0.15) is 13.8 Å². The van der Waals surface area contributed by atoms with Gasteiger partial charge in [0.15, 0.2) is 56.6 Å². The van der Waals surface area contributed by atoms with Crippen LogP contribution in [0.15, 0.2) is 0 Å². The summed E-state index contributed by atoms with van der Waals surface area (Å²) in [7, 11) is 0. The van der Waals surface area contributed by atoms with E-state index in [1.165, 1.54) is 0 Å². The molecule has 0 unspecified atom stereocenters. The quantitative estimate of drug-likeness (QED) is 0.0363. The Bertz CT molecular complexity index is 2710. The summed E-state index contributed by atoms with van der Waals surface area (Å²) in [6.07, 6.45) is -91.0. The van der Waals surface area contributed by atoms with Crippen molar-refractivity contribution >= 4 is 11.8 Å². The van der Waals surface area contributed by atoms with Gasteiger partial charge in [-0.2, -0.15) is 0 Å². The van der Waals surface area contributed by atoms with E-state index < -0.39 is 348 Å². The molecule has 0 radical (unpaired) electrons. The van der Waals surface area contributed by atoms with Crippen molar-refractivity contribution in [1.29, 1.82) is 0 Å². The third kappa shape index (κ3) is 18.5. The first kappa shape index (κ1) is 87.2. The summed E-state index contributed by atoms with van der Waals surface area (Å²) in [6.45, 7) is -7.87. The second kappa shape index (κ2) is 37.9. The number of carbonyl (C=O) groups excluding carboxylic acids is 2. The van der Waals surface area contributed by atoms with Crippen LogP contribution in [0.5, 0.6) is 0 Å². The predicted octanol–water partition coefficient (Wildman–Crippen LogP) is -20.3. The zero-order valence-corrected chi connectivity index (χ0v) is 56.2. The van der Waals surface area contributed by atoms with Crippen molar-refractivity contribution in [3.63, 3.8) is 0 Å². The Hall–Kier alpha value is -2.82. The molecule has 9 heterocycles. The minimum absolute atomic E-state index is 0.782. The highest BCUT2D eigenvalue weighted by atomic mass is 16.8. The van der Waals surface area contributed by atoms with Gasteiger partial charge in [0.1, 0.15) is 220 Å². The van der Waals surface area contributed by atoms with Crippen molar-refractivity contribution in [2.45, 2.75) is 290 Å². The molecule has 45 atom stereocenters. The molecule has 0 saturated carbocycles. The van der Waals surface area contributed by atoms with E-state index in [0.29, 0.717) is 0 Å². The van der Waals surface area contributed by atoms with Crippen molar-refractivity contribution in [1.82, 2.24) is 10.6 Å². The van der Waals surface area contributed by atoms with E-state index in [4.69, 9.17) is 80.5 Å². The van der Waals surface area contributed by atoms with Crippen LogP contribution in [0.3, 0.4) is 0 Å². The number of hydrogen-bond donors (Lipinski definition) is 29. The Morgan fingerprint density at radius 1 is 0.245 bits per heavy atom. The third-order valence-electron chi connectivity index (χ3n) is 19.6. The molecule has 29 N–H and O–H groups in total. The summed E-state index contributed by atoms with van der Waals surface area (Å²) in [5.74, 6) is -1.72. The molecule has 48 nitrogen and oxygen atoms in total. The second-order valence-corrected chi connectivity index (χ2v) is 26.7. The highest BCUT2D eigenvalue weighted by Crippen LogP contribution is 2.40. The molecular formula is C58H98N2O46. The topological polar surface area (TPSA) is 761 Å². The minimum Gasteiger partial charge on any atom is -0.394 e. The van der Waals surface area contributed by atoms with Gasteiger partial charge in [0, 0.05) is 13.8 Å². The molecule has 48 heteroatoms. The van der Waals surface area contributed by atoms with Crippen LogP contribution in [-0.4, -0.2) is 485 Å². The Labute approximate surface area is 598 Å². The van der Waals surface area contributed by atoms with Crippen LogP contribution in [0.2, 0.25) is 0 Å². The molecule has 9 saturated heterocycles. The van der Waals surface area contributed by atoms with Crippen molar-refractivity contribution < 1.29 is 228 Å². The lowest BCUT2D eigenvalue weighted by Gasteiger charge is -2.51. The molecule has 0 bridgehead atoms. The van der Waals surface area contributed by atoms with Gasteiger partial charge in [0.05, 0.1) is 59.5 Å². The van der Waals surface area contributed by atoms with Crippen LogP contribution in [0.4, 0.5) is 0 Å². The number of ether oxygens (including phenoxy) is 17. The number of carbonyl (C=O) groups is 2. The molecule has 9 aliphatic heterocycles. The van der Waals surface area contributed by atoms with Crippen molar-refractivity contribution in [3.8, 4) is 0 Å². The Balaban J connectivity index is 1.03. The molecular weight excluding hydrogens is 1460 g/mol. The fourth-order valence-corrected chi connectivity index (χ4v) is 13.6. The molecule has 0 aromatic heterocycles. The SMILES string of the molecule is CC(=O)N[C@@H]1[C@@H](O)[C@H](O[C@@H]2O[C@H](CO)[C@@H](O[C@@H]3O[C@H](CO[C@H]4O[C@H](CO)[C@@H](O)[C@H](O[C@H]5O[C@H](CO)[C@@H](O)[C@H](O)[C@@H]5O)[C@@H]4O)[C@@H](O)[C@H](O[C@H]4O[C@H](CO)[C@@H](O)[C@H](O)[C@@H]4O[C@H]4O[C@H](CO)[C@@H](O)[C@H](O)[C@@H]4O[C@H]4O[C@H](CO)[C@@H](O)[C@H](O[C@H]5O[C@H](CO)[C@@H](O)[C@H](O)[C@H]5O)[C@@H]4O)[C@@H]3O)[C@H](O)[C@H]2NC(C)=O)[C@@H](CO)O[C@H]1O. The Morgan fingerprint density at radius 3 is 0.915 bits per heavy atom. The van der Waals surface area contributed by atoms with Gasteiger partial charge in [-0.25, -0.2) is 0 Å². The van der Waals surface area contributed by atoms with E-state index in [1.807, 2.05) is 0 Å². The highest BCUT2D eigenvalue weighted by Gasteiger charge is 2.61. The van der Waals surface area contributed by atoms with Crippen LogP contribution < -0.4 is 10.6 Å². The average molecular weight is 1560 g/mol. The summed E-state index contributed by atoms with van der Waals surface area (Å²) < 4.78 is 98.7. The largest absolute Gasteiger partial charge is 0.394 e. The number of aliphatic hydroxyl groups excluding tert-OH is 27. The van der Waals surface area contributed by atoms with Crippen LogP contribution in [-0.2, 0) is 90.1 Å². The molecule has 0 spiro atoms. The monoisotopic (exact) mass is 1560 g/mol. The maximum Gasteiger partial charge on any atom is 0.217 e. The molecule has 0 aliphatic carbocycles. The lowest BCUT2D eigenvalue weighted by atomic mass is 9.94. The van der Waals surface area contributed by atoms with Gasteiger partial charge in [-0.05, 0) is 0 Å². The van der Waals surface area contributed by atoms with Gasteiger partial charge >= 0.3 is 0 Å². The van der Waals surface area contributed by atoms with E-state index in [1.54, 1.807) is 0 Å². The first-order valence-corrected chi connectivity index (χ1v) is 33.7. The molecule has 9 fully saturated rings. The lowest BCUT2D eigenvalue weighted by Crippen LogP contribution is -2.70. The van der Waals surface area contributed by atoms with Gasteiger partial charge in [0.2, 0.25) is 11.8 Å². The molecule has 0 aromatic carbocycles. The van der Waals surface area contributed by atoms with E-state index in [2.05, 4.69) is 10.6 Å². The van der Waals surface area contributed by atoms with E-state index in [-0.39, 0.29) is 0 Å². The maximum atomic E-state index is 12.9. The number of amides is 2. The molecule has 616 valence electrons. The standard InChI is InChI=1S/C58H98N2O46/c1-12(69)59-23-32(78)43(20(9-67)91-50(23)89)100-51-24(60-13(2)70)33(79)44(21(10-68)98-51)101-56-42(88)47(31(77)22(99-56)11-90-52-40(86)45(29(75)18(7-65)92-52)102-53-38(84)34(80)25(71)14(3-61)93-53)104-57-49(37(83)28(74)16(5-63)96-57)106-58-48(36(82)27(73)17(6-64)97-58)105-55-41(87)46(30(76)19(8-66)95-55)103-54-39(85)35(81)26(72)15(4-62)94-54/h14-58,61-68,71-89H,3-11H2,1-2H3,(H,59,69)(H,60,70)/t14-,15-,16-,17-,18-,19-,20-,21-,22-,23-,24-,25-,26-,27-,28-,29-,30-,31-,32-,33-,34+,35+,36+,37+,38+,39-,40+,41+,42+,43-,44-,45+,46+,47+,48+,49+,50-,51+,52+,53-,54-,55-,56+,57-,58-/m1/s1. The van der Waals surface area contributed by atoms with Gasteiger partial charge in [0.25, 0.3) is 0 Å². The Morgan fingerprint density at radius 2 is 0.509 bits per heavy atom. The maximum absolute atomic E-state index is 12.9. The van der Waals surface area contributed by atoms with Crippen LogP contribution in [0.25, 0.3) is 0 Å². The molecule has 0 aromatic rings.